The Hall–Kier alpha value is -1.60. The summed E-state index contributed by atoms with van der Waals surface area (Å²) >= 11 is 0. The molecule has 7 heteroatoms. The maximum atomic E-state index is 11.8. The second-order valence-electron chi connectivity index (χ2n) is 5.06. The molecular weight excluding hydrogens is 290 g/mol. The fourth-order valence-electron chi connectivity index (χ4n) is 1.73. The summed E-state index contributed by atoms with van der Waals surface area (Å²) < 4.78 is 26.0. The van der Waals surface area contributed by atoms with Gasteiger partial charge in [-0.05, 0) is 45.0 Å². The van der Waals surface area contributed by atoms with Crippen molar-refractivity contribution in [2.45, 2.75) is 44.7 Å². The number of hydrogen-bond donors (Lipinski definition) is 3. The number of sulfonamides is 1. The SMILES string of the molecule is CCNS(=O)(=O)c1ccc(NC(C)C(=O)NC(C)C)cc1. The van der Waals surface area contributed by atoms with E-state index in [4.69, 9.17) is 0 Å². The molecule has 1 atom stereocenters. The normalized spacial score (nSPS) is 13.0. The lowest BCUT2D eigenvalue weighted by molar-refractivity contribution is -0.122. The van der Waals surface area contributed by atoms with Crippen LogP contribution in [-0.4, -0.2) is 33.0 Å². The Labute approximate surface area is 126 Å². The molecular formula is C14H23N3O3S. The Kier molecular flexibility index (Phi) is 6.17. The first-order chi connectivity index (χ1) is 9.76. The van der Waals surface area contributed by atoms with E-state index in [1.807, 2.05) is 13.8 Å². The van der Waals surface area contributed by atoms with Crippen molar-refractivity contribution in [2.75, 3.05) is 11.9 Å². The van der Waals surface area contributed by atoms with Crippen LogP contribution in [0.1, 0.15) is 27.7 Å². The third-order valence-corrected chi connectivity index (χ3v) is 4.27. The van der Waals surface area contributed by atoms with E-state index in [-0.39, 0.29) is 16.8 Å². The van der Waals surface area contributed by atoms with Crippen LogP contribution in [0.25, 0.3) is 0 Å². The number of benzene rings is 1. The average molecular weight is 313 g/mol. The van der Waals surface area contributed by atoms with Gasteiger partial charge in [-0.3, -0.25) is 4.79 Å². The fraction of sp³-hybridized carbons (Fsp3) is 0.500. The number of hydrogen-bond acceptors (Lipinski definition) is 4. The van der Waals surface area contributed by atoms with E-state index in [9.17, 15) is 13.2 Å². The molecule has 0 aliphatic carbocycles. The van der Waals surface area contributed by atoms with Crippen LogP contribution in [0.15, 0.2) is 29.2 Å². The van der Waals surface area contributed by atoms with Gasteiger partial charge in [-0.1, -0.05) is 6.92 Å². The Balaban J connectivity index is 2.73. The Morgan fingerprint density at radius 2 is 1.71 bits per heavy atom. The number of anilines is 1. The number of rotatable bonds is 7. The number of carbonyl (C=O) groups is 1. The standard InChI is InChI=1S/C14H23N3O3S/c1-5-15-21(19,20)13-8-6-12(7-9-13)17-11(4)14(18)16-10(2)3/h6-11,15,17H,5H2,1-4H3,(H,16,18). The zero-order valence-electron chi connectivity index (χ0n) is 12.8. The van der Waals surface area contributed by atoms with Gasteiger partial charge in [0.05, 0.1) is 4.90 Å². The minimum absolute atomic E-state index is 0.0781. The summed E-state index contributed by atoms with van der Waals surface area (Å²) in [6, 6.07) is 5.98. The predicted octanol–water partition coefficient (Wildman–Crippen LogP) is 1.31. The van der Waals surface area contributed by atoms with Crippen molar-refractivity contribution in [3.8, 4) is 0 Å². The molecule has 0 heterocycles. The molecule has 0 bridgehead atoms. The van der Waals surface area contributed by atoms with Crippen LogP contribution in [0.2, 0.25) is 0 Å². The number of nitrogens with one attached hydrogen (secondary N) is 3. The van der Waals surface area contributed by atoms with E-state index in [1.165, 1.54) is 12.1 Å². The highest BCUT2D eigenvalue weighted by Gasteiger charge is 2.15. The fourth-order valence-corrected chi connectivity index (χ4v) is 2.77. The highest BCUT2D eigenvalue weighted by molar-refractivity contribution is 7.89. The Bertz CT molecular complexity index is 568. The second kappa shape index (κ2) is 7.42. The molecule has 1 amide bonds. The molecule has 1 aromatic carbocycles. The molecule has 0 aliphatic heterocycles. The summed E-state index contributed by atoms with van der Waals surface area (Å²) in [4.78, 5) is 12.0. The highest BCUT2D eigenvalue weighted by atomic mass is 32.2. The van der Waals surface area contributed by atoms with Crippen LogP contribution in [-0.2, 0) is 14.8 Å². The van der Waals surface area contributed by atoms with Crippen LogP contribution < -0.4 is 15.4 Å². The number of amides is 1. The van der Waals surface area contributed by atoms with Gasteiger partial charge in [0.25, 0.3) is 0 Å². The largest absolute Gasteiger partial charge is 0.374 e. The van der Waals surface area contributed by atoms with Crippen molar-refractivity contribution < 1.29 is 13.2 Å². The van der Waals surface area contributed by atoms with Gasteiger partial charge < -0.3 is 10.6 Å². The Morgan fingerprint density at radius 1 is 1.14 bits per heavy atom. The lowest BCUT2D eigenvalue weighted by atomic mass is 10.2. The first-order valence-electron chi connectivity index (χ1n) is 6.93. The van der Waals surface area contributed by atoms with Gasteiger partial charge in [0, 0.05) is 18.3 Å². The highest BCUT2D eigenvalue weighted by Crippen LogP contribution is 2.14. The van der Waals surface area contributed by atoms with Gasteiger partial charge in [0.2, 0.25) is 15.9 Å². The zero-order valence-corrected chi connectivity index (χ0v) is 13.6. The van der Waals surface area contributed by atoms with Crippen molar-refractivity contribution >= 4 is 21.6 Å². The van der Waals surface area contributed by atoms with Crippen molar-refractivity contribution in [3.05, 3.63) is 24.3 Å². The van der Waals surface area contributed by atoms with Crippen LogP contribution >= 0.6 is 0 Å². The first kappa shape index (κ1) is 17.5. The van der Waals surface area contributed by atoms with E-state index >= 15 is 0 Å². The third kappa shape index (κ3) is 5.35. The van der Waals surface area contributed by atoms with Gasteiger partial charge in [-0.15, -0.1) is 0 Å². The smallest absolute Gasteiger partial charge is 0.242 e. The van der Waals surface area contributed by atoms with Gasteiger partial charge in [-0.2, -0.15) is 0 Å². The predicted molar refractivity (Wildman–Crippen MR) is 83.7 cm³/mol. The minimum atomic E-state index is -3.44. The minimum Gasteiger partial charge on any atom is -0.374 e. The van der Waals surface area contributed by atoms with Crippen molar-refractivity contribution in [2.24, 2.45) is 0 Å². The molecule has 1 rings (SSSR count). The number of carbonyl (C=O) groups excluding carboxylic acids is 1. The molecule has 118 valence electrons. The van der Waals surface area contributed by atoms with Gasteiger partial charge in [0.15, 0.2) is 0 Å². The second-order valence-corrected chi connectivity index (χ2v) is 6.82. The molecule has 0 spiro atoms. The molecule has 1 aromatic rings. The molecule has 0 saturated carbocycles. The van der Waals surface area contributed by atoms with Crippen molar-refractivity contribution in [1.82, 2.24) is 10.0 Å². The molecule has 0 fully saturated rings. The first-order valence-corrected chi connectivity index (χ1v) is 8.41. The summed E-state index contributed by atoms with van der Waals surface area (Å²) in [6.45, 7) is 7.61. The van der Waals surface area contributed by atoms with Gasteiger partial charge in [0.1, 0.15) is 6.04 Å². The maximum absolute atomic E-state index is 11.8. The molecule has 1 unspecified atom stereocenters. The molecule has 0 saturated heterocycles. The maximum Gasteiger partial charge on any atom is 0.242 e. The van der Waals surface area contributed by atoms with E-state index in [2.05, 4.69) is 15.4 Å². The lowest BCUT2D eigenvalue weighted by Gasteiger charge is -2.17. The molecule has 6 nitrogen and oxygen atoms in total. The molecule has 3 N–H and O–H groups in total. The van der Waals surface area contributed by atoms with Gasteiger partial charge >= 0.3 is 0 Å². The zero-order chi connectivity index (χ0) is 16.0. The van der Waals surface area contributed by atoms with Crippen molar-refractivity contribution in [1.29, 1.82) is 0 Å². The topological polar surface area (TPSA) is 87.3 Å². The van der Waals surface area contributed by atoms with Crippen LogP contribution in [0.3, 0.4) is 0 Å². The summed E-state index contributed by atoms with van der Waals surface area (Å²) in [7, 11) is -3.44. The summed E-state index contributed by atoms with van der Waals surface area (Å²) in [5.74, 6) is -0.102. The summed E-state index contributed by atoms with van der Waals surface area (Å²) in [5.41, 5.74) is 0.692. The monoisotopic (exact) mass is 313 g/mol. The van der Waals surface area contributed by atoms with Gasteiger partial charge in [-0.25, -0.2) is 13.1 Å². The van der Waals surface area contributed by atoms with E-state index in [0.29, 0.717) is 12.2 Å². The summed E-state index contributed by atoms with van der Waals surface area (Å²) in [5, 5.41) is 5.84. The van der Waals surface area contributed by atoms with E-state index in [1.54, 1.807) is 26.0 Å². The third-order valence-electron chi connectivity index (χ3n) is 2.71. The average Bonchev–Trinajstić information content (AvgIpc) is 2.38. The van der Waals surface area contributed by atoms with E-state index in [0.717, 1.165) is 0 Å². The quantitative estimate of drug-likeness (QED) is 0.708. The van der Waals surface area contributed by atoms with Crippen molar-refractivity contribution in [3.63, 3.8) is 0 Å². The lowest BCUT2D eigenvalue weighted by Crippen LogP contribution is -2.40. The Morgan fingerprint density at radius 3 is 2.19 bits per heavy atom. The summed E-state index contributed by atoms with van der Waals surface area (Å²) in [6.07, 6.45) is 0. The van der Waals surface area contributed by atoms with Crippen LogP contribution in [0.5, 0.6) is 0 Å². The molecule has 0 radical (unpaired) electrons. The molecule has 0 aliphatic rings. The van der Waals surface area contributed by atoms with E-state index < -0.39 is 16.1 Å². The van der Waals surface area contributed by atoms with Crippen LogP contribution in [0.4, 0.5) is 5.69 Å². The van der Waals surface area contributed by atoms with Crippen LogP contribution in [0, 0.1) is 0 Å². The molecule has 21 heavy (non-hydrogen) atoms. The molecule has 0 aromatic heterocycles.